The van der Waals surface area contributed by atoms with Gasteiger partial charge in [0, 0.05) is 12.1 Å². The molecule has 2 aromatic rings. The number of methoxy groups -OCH3 is 1. The highest BCUT2D eigenvalue weighted by Crippen LogP contribution is 2.23. The van der Waals surface area contributed by atoms with E-state index >= 15 is 0 Å². The number of para-hydroxylation sites is 2. The molecule has 0 aliphatic carbocycles. The summed E-state index contributed by atoms with van der Waals surface area (Å²) in [4.78, 5) is 11.2. The molecule has 0 aliphatic heterocycles. The smallest absolute Gasteiger partial charge is 0.274 e. The first-order valence-electron chi connectivity index (χ1n) is 6.15. The van der Waals surface area contributed by atoms with Crippen LogP contribution < -0.4 is 15.5 Å². The van der Waals surface area contributed by atoms with Gasteiger partial charge < -0.3 is 10.1 Å². The minimum Gasteiger partial charge on any atom is -0.495 e. The van der Waals surface area contributed by atoms with Crippen LogP contribution in [-0.2, 0) is 6.54 Å². The number of ether oxygens (including phenoxy) is 1. The number of carbonyl (C=O) groups is 1. The summed E-state index contributed by atoms with van der Waals surface area (Å²) in [5, 5.41) is 11.8. The number of nitrogens with one attached hydrogen (secondary N) is 2. The van der Waals surface area contributed by atoms with E-state index in [2.05, 4.69) is 5.32 Å². The van der Waals surface area contributed by atoms with Crippen molar-refractivity contribution in [3.8, 4) is 5.75 Å². The van der Waals surface area contributed by atoms with Gasteiger partial charge in [0.2, 0.25) is 0 Å². The molecule has 0 unspecified atom stereocenters. The van der Waals surface area contributed by atoms with Crippen LogP contribution in [0.5, 0.6) is 5.75 Å². The van der Waals surface area contributed by atoms with Crippen LogP contribution in [0.25, 0.3) is 0 Å². The molecule has 20 heavy (non-hydrogen) atoms. The summed E-state index contributed by atoms with van der Waals surface area (Å²) in [6.45, 7) is 0.612. The molecule has 2 rings (SSSR count). The SMILES string of the molecule is COc1ccccc1NCc1ccc(C(=O)NO)cc1. The fraction of sp³-hybridized carbons (Fsp3) is 0.133. The van der Waals surface area contributed by atoms with Crippen LogP contribution in [0.4, 0.5) is 5.69 Å². The molecule has 0 heterocycles. The van der Waals surface area contributed by atoms with Gasteiger partial charge in [-0.05, 0) is 29.8 Å². The van der Waals surface area contributed by atoms with Crippen LogP contribution in [0.15, 0.2) is 48.5 Å². The van der Waals surface area contributed by atoms with E-state index in [4.69, 9.17) is 9.94 Å². The highest BCUT2D eigenvalue weighted by atomic mass is 16.5. The van der Waals surface area contributed by atoms with Crippen LogP contribution >= 0.6 is 0 Å². The largest absolute Gasteiger partial charge is 0.495 e. The summed E-state index contributed by atoms with van der Waals surface area (Å²) in [6.07, 6.45) is 0. The number of hydrogen-bond acceptors (Lipinski definition) is 4. The van der Waals surface area contributed by atoms with Crippen LogP contribution in [0.3, 0.4) is 0 Å². The van der Waals surface area contributed by atoms with Gasteiger partial charge in [0.15, 0.2) is 0 Å². The molecule has 0 fully saturated rings. The zero-order valence-electron chi connectivity index (χ0n) is 11.1. The summed E-state index contributed by atoms with van der Waals surface area (Å²) >= 11 is 0. The molecule has 104 valence electrons. The fourth-order valence-corrected chi connectivity index (χ4v) is 1.83. The van der Waals surface area contributed by atoms with Crippen LogP contribution in [-0.4, -0.2) is 18.2 Å². The quantitative estimate of drug-likeness (QED) is 0.577. The Kier molecular flexibility index (Phi) is 4.57. The molecule has 0 spiro atoms. The van der Waals surface area contributed by atoms with Gasteiger partial charge in [-0.25, -0.2) is 5.48 Å². The van der Waals surface area contributed by atoms with E-state index in [0.29, 0.717) is 12.1 Å². The van der Waals surface area contributed by atoms with Crippen molar-refractivity contribution in [1.29, 1.82) is 0 Å². The van der Waals surface area contributed by atoms with Crippen molar-refractivity contribution < 1.29 is 14.7 Å². The zero-order valence-corrected chi connectivity index (χ0v) is 11.1. The van der Waals surface area contributed by atoms with Gasteiger partial charge in [-0.3, -0.25) is 10.0 Å². The molecule has 5 nitrogen and oxygen atoms in total. The zero-order chi connectivity index (χ0) is 14.4. The molecule has 0 bridgehead atoms. The van der Waals surface area contributed by atoms with Gasteiger partial charge in [-0.15, -0.1) is 0 Å². The molecular weight excluding hydrogens is 256 g/mol. The lowest BCUT2D eigenvalue weighted by Crippen LogP contribution is -2.18. The summed E-state index contributed by atoms with van der Waals surface area (Å²) in [5.41, 5.74) is 3.94. The van der Waals surface area contributed by atoms with Crippen molar-refractivity contribution in [3.63, 3.8) is 0 Å². The molecule has 3 N–H and O–H groups in total. The van der Waals surface area contributed by atoms with Crippen LogP contribution in [0, 0.1) is 0 Å². The van der Waals surface area contributed by atoms with Gasteiger partial charge in [-0.2, -0.15) is 0 Å². The number of rotatable bonds is 5. The van der Waals surface area contributed by atoms with E-state index in [9.17, 15) is 4.79 Å². The minimum atomic E-state index is -0.519. The Balaban J connectivity index is 2.02. The number of carbonyl (C=O) groups excluding carboxylic acids is 1. The Morgan fingerprint density at radius 3 is 2.50 bits per heavy atom. The van der Waals surface area contributed by atoms with Crippen LogP contribution in [0.2, 0.25) is 0 Å². The fourth-order valence-electron chi connectivity index (χ4n) is 1.83. The third kappa shape index (κ3) is 3.27. The maximum absolute atomic E-state index is 11.2. The standard InChI is InChI=1S/C15H16N2O3/c1-20-14-5-3-2-4-13(14)16-10-11-6-8-12(9-7-11)15(18)17-19/h2-9,16,19H,10H2,1H3,(H,17,18). The van der Waals surface area contributed by atoms with Gasteiger partial charge in [-0.1, -0.05) is 24.3 Å². The monoisotopic (exact) mass is 272 g/mol. The highest BCUT2D eigenvalue weighted by Gasteiger charge is 2.04. The molecule has 5 heteroatoms. The van der Waals surface area contributed by atoms with E-state index in [1.165, 1.54) is 0 Å². The first kappa shape index (κ1) is 13.9. The Bertz CT molecular complexity index is 582. The van der Waals surface area contributed by atoms with E-state index in [1.54, 1.807) is 24.7 Å². The maximum Gasteiger partial charge on any atom is 0.274 e. The number of anilines is 1. The van der Waals surface area contributed by atoms with E-state index in [-0.39, 0.29) is 0 Å². The Morgan fingerprint density at radius 2 is 1.85 bits per heavy atom. The molecule has 0 aliphatic rings. The summed E-state index contributed by atoms with van der Waals surface area (Å²) in [7, 11) is 1.63. The molecule has 0 saturated heterocycles. The number of benzene rings is 2. The molecule has 0 atom stereocenters. The molecular formula is C15H16N2O3. The molecule has 0 aromatic heterocycles. The summed E-state index contributed by atoms with van der Waals surface area (Å²) < 4.78 is 5.26. The molecule has 1 amide bonds. The molecule has 0 saturated carbocycles. The van der Waals surface area contributed by atoms with Crippen molar-refractivity contribution in [2.45, 2.75) is 6.54 Å². The third-order valence-corrected chi connectivity index (χ3v) is 2.91. The van der Waals surface area contributed by atoms with Crippen LogP contribution in [0.1, 0.15) is 15.9 Å². The van der Waals surface area contributed by atoms with Crippen molar-refractivity contribution in [3.05, 3.63) is 59.7 Å². The minimum absolute atomic E-state index is 0.411. The Labute approximate surface area is 117 Å². The summed E-state index contributed by atoms with van der Waals surface area (Å²) in [6, 6.07) is 14.6. The van der Waals surface area contributed by atoms with Gasteiger partial charge in [0.05, 0.1) is 12.8 Å². The lowest BCUT2D eigenvalue weighted by molar-refractivity contribution is 0.0706. The second kappa shape index (κ2) is 6.58. The number of hydroxylamine groups is 1. The predicted octanol–water partition coefficient (Wildman–Crippen LogP) is 2.43. The average molecular weight is 272 g/mol. The topological polar surface area (TPSA) is 70.6 Å². The Hall–Kier alpha value is -2.53. The predicted molar refractivity (Wildman–Crippen MR) is 76.0 cm³/mol. The molecule has 2 aromatic carbocycles. The number of amides is 1. The lowest BCUT2D eigenvalue weighted by Gasteiger charge is -2.11. The van der Waals surface area contributed by atoms with Gasteiger partial charge in [0.25, 0.3) is 5.91 Å². The van der Waals surface area contributed by atoms with E-state index in [1.807, 2.05) is 36.4 Å². The highest BCUT2D eigenvalue weighted by molar-refractivity contribution is 5.93. The first-order chi connectivity index (χ1) is 9.74. The normalized spacial score (nSPS) is 9.90. The number of hydrogen-bond donors (Lipinski definition) is 3. The second-order valence-electron chi connectivity index (χ2n) is 4.19. The van der Waals surface area contributed by atoms with Gasteiger partial charge in [0.1, 0.15) is 5.75 Å². The summed E-state index contributed by atoms with van der Waals surface area (Å²) in [5.74, 6) is 0.262. The second-order valence-corrected chi connectivity index (χ2v) is 4.19. The maximum atomic E-state index is 11.2. The van der Waals surface area contributed by atoms with E-state index < -0.39 is 5.91 Å². The van der Waals surface area contributed by atoms with Crippen molar-refractivity contribution in [2.24, 2.45) is 0 Å². The third-order valence-electron chi connectivity index (χ3n) is 2.91. The van der Waals surface area contributed by atoms with Gasteiger partial charge >= 0.3 is 0 Å². The average Bonchev–Trinajstić information content (AvgIpc) is 2.53. The first-order valence-corrected chi connectivity index (χ1v) is 6.15. The van der Waals surface area contributed by atoms with E-state index in [0.717, 1.165) is 17.0 Å². The lowest BCUT2D eigenvalue weighted by atomic mass is 10.1. The molecule has 0 radical (unpaired) electrons. The Morgan fingerprint density at radius 1 is 1.15 bits per heavy atom. The van der Waals surface area contributed by atoms with Crippen molar-refractivity contribution >= 4 is 11.6 Å². The van der Waals surface area contributed by atoms with Crippen molar-refractivity contribution in [2.75, 3.05) is 12.4 Å². The van der Waals surface area contributed by atoms with Crippen molar-refractivity contribution in [1.82, 2.24) is 5.48 Å².